The maximum Gasteiger partial charge on any atom is 0.290 e. The van der Waals surface area contributed by atoms with E-state index in [4.69, 9.17) is 13.9 Å². The fourth-order valence-electron chi connectivity index (χ4n) is 1.18. The van der Waals surface area contributed by atoms with Crippen LogP contribution in [0.5, 0.6) is 5.95 Å². The standard InChI is InChI=1S/C9H13NO3/c1-11-6-7-2-3-12-9(7)13-8-4-10-5-8/h2-3,8,10H,4-6H2,1H3. The van der Waals surface area contributed by atoms with Gasteiger partial charge in [0.2, 0.25) is 0 Å². The molecule has 1 aliphatic heterocycles. The summed E-state index contributed by atoms with van der Waals surface area (Å²) in [5.41, 5.74) is 0.967. The molecule has 0 aromatic carbocycles. The van der Waals surface area contributed by atoms with E-state index in [0.717, 1.165) is 18.7 Å². The zero-order valence-electron chi connectivity index (χ0n) is 7.58. The summed E-state index contributed by atoms with van der Waals surface area (Å²) in [6.07, 6.45) is 1.87. The Hall–Kier alpha value is -1.00. The highest BCUT2D eigenvalue weighted by molar-refractivity contribution is 5.22. The molecule has 0 unspecified atom stereocenters. The predicted molar refractivity (Wildman–Crippen MR) is 46.7 cm³/mol. The highest BCUT2D eigenvalue weighted by Crippen LogP contribution is 2.22. The van der Waals surface area contributed by atoms with Crippen molar-refractivity contribution in [1.82, 2.24) is 5.32 Å². The molecule has 4 nitrogen and oxygen atoms in total. The van der Waals surface area contributed by atoms with Crippen LogP contribution in [0.15, 0.2) is 16.7 Å². The summed E-state index contributed by atoms with van der Waals surface area (Å²) >= 11 is 0. The van der Waals surface area contributed by atoms with Gasteiger partial charge in [-0.3, -0.25) is 0 Å². The quantitative estimate of drug-likeness (QED) is 0.749. The van der Waals surface area contributed by atoms with Gasteiger partial charge in [-0.15, -0.1) is 0 Å². The van der Waals surface area contributed by atoms with Crippen molar-refractivity contribution >= 4 is 0 Å². The molecule has 1 aromatic rings. The summed E-state index contributed by atoms with van der Waals surface area (Å²) < 4.78 is 15.8. The molecule has 1 fully saturated rings. The molecule has 2 rings (SSSR count). The topological polar surface area (TPSA) is 43.6 Å². The molecular formula is C9H13NO3. The first kappa shape index (κ1) is 8.59. The second-order valence-electron chi connectivity index (χ2n) is 3.06. The smallest absolute Gasteiger partial charge is 0.290 e. The Bertz CT molecular complexity index is 268. The molecule has 0 bridgehead atoms. The summed E-state index contributed by atoms with van der Waals surface area (Å²) in [4.78, 5) is 0. The van der Waals surface area contributed by atoms with E-state index in [1.54, 1.807) is 13.4 Å². The molecule has 1 aromatic heterocycles. The highest BCUT2D eigenvalue weighted by Gasteiger charge is 2.21. The lowest BCUT2D eigenvalue weighted by Gasteiger charge is -2.26. The van der Waals surface area contributed by atoms with Gasteiger partial charge in [-0.1, -0.05) is 0 Å². The van der Waals surface area contributed by atoms with Crippen LogP contribution in [0, 0.1) is 0 Å². The van der Waals surface area contributed by atoms with Gasteiger partial charge in [0.15, 0.2) is 0 Å². The lowest BCUT2D eigenvalue weighted by atomic mass is 10.2. The third kappa shape index (κ3) is 1.84. The van der Waals surface area contributed by atoms with Gasteiger partial charge >= 0.3 is 0 Å². The highest BCUT2D eigenvalue weighted by atomic mass is 16.6. The normalized spacial score (nSPS) is 17.0. The third-order valence-corrected chi connectivity index (χ3v) is 2.02. The number of ether oxygens (including phenoxy) is 2. The van der Waals surface area contributed by atoms with Crippen LogP contribution in [-0.4, -0.2) is 26.3 Å². The third-order valence-electron chi connectivity index (χ3n) is 2.02. The SMILES string of the molecule is COCc1ccoc1OC1CNC1. The van der Waals surface area contributed by atoms with Gasteiger partial charge in [0, 0.05) is 20.2 Å². The number of hydrogen-bond donors (Lipinski definition) is 1. The first-order valence-electron chi connectivity index (χ1n) is 4.33. The Labute approximate surface area is 76.8 Å². The summed E-state index contributed by atoms with van der Waals surface area (Å²) in [5, 5.41) is 3.13. The van der Waals surface area contributed by atoms with Gasteiger partial charge < -0.3 is 19.2 Å². The maximum atomic E-state index is 5.56. The molecule has 2 heterocycles. The van der Waals surface area contributed by atoms with Gasteiger partial charge in [0.1, 0.15) is 6.10 Å². The second kappa shape index (κ2) is 3.81. The van der Waals surface area contributed by atoms with Crippen LogP contribution in [0.25, 0.3) is 0 Å². The largest absolute Gasteiger partial charge is 0.459 e. The van der Waals surface area contributed by atoms with E-state index in [-0.39, 0.29) is 6.10 Å². The van der Waals surface area contributed by atoms with Crippen LogP contribution < -0.4 is 10.1 Å². The average molecular weight is 183 g/mol. The second-order valence-corrected chi connectivity index (χ2v) is 3.06. The van der Waals surface area contributed by atoms with Gasteiger partial charge in [-0.2, -0.15) is 0 Å². The molecule has 72 valence electrons. The molecule has 1 saturated heterocycles. The van der Waals surface area contributed by atoms with E-state index < -0.39 is 0 Å². The van der Waals surface area contributed by atoms with Crippen molar-refractivity contribution < 1.29 is 13.9 Å². The van der Waals surface area contributed by atoms with Crippen molar-refractivity contribution in [3.05, 3.63) is 17.9 Å². The lowest BCUT2D eigenvalue weighted by molar-refractivity contribution is 0.101. The Morgan fingerprint density at radius 3 is 3.08 bits per heavy atom. The fraction of sp³-hybridized carbons (Fsp3) is 0.556. The molecule has 1 aliphatic rings. The Kier molecular flexibility index (Phi) is 2.52. The van der Waals surface area contributed by atoms with Crippen molar-refractivity contribution in [3.8, 4) is 5.95 Å². The Balaban J connectivity index is 1.96. The predicted octanol–water partition coefficient (Wildman–Crippen LogP) is 0.777. The summed E-state index contributed by atoms with van der Waals surface area (Å²) in [6.45, 7) is 2.33. The number of methoxy groups -OCH3 is 1. The van der Waals surface area contributed by atoms with Crippen LogP contribution in [0.4, 0.5) is 0 Å². The minimum atomic E-state index is 0.252. The number of rotatable bonds is 4. The van der Waals surface area contributed by atoms with E-state index in [0.29, 0.717) is 12.6 Å². The maximum absolute atomic E-state index is 5.56. The van der Waals surface area contributed by atoms with Crippen LogP contribution >= 0.6 is 0 Å². The van der Waals surface area contributed by atoms with Gasteiger partial charge in [0.25, 0.3) is 5.95 Å². The number of hydrogen-bond acceptors (Lipinski definition) is 4. The lowest BCUT2D eigenvalue weighted by Crippen LogP contribution is -2.50. The van der Waals surface area contributed by atoms with Crippen molar-refractivity contribution in [2.45, 2.75) is 12.7 Å². The summed E-state index contributed by atoms with van der Waals surface area (Å²) in [7, 11) is 1.65. The van der Waals surface area contributed by atoms with Crippen molar-refractivity contribution in [1.29, 1.82) is 0 Å². The van der Waals surface area contributed by atoms with E-state index in [2.05, 4.69) is 5.32 Å². The molecule has 0 radical (unpaired) electrons. The van der Waals surface area contributed by atoms with Crippen molar-refractivity contribution in [2.75, 3.05) is 20.2 Å². The number of furan rings is 1. The van der Waals surface area contributed by atoms with E-state index in [9.17, 15) is 0 Å². The van der Waals surface area contributed by atoms with Crippen LogP contribution in [0.3, 0.4) is 0 Å². The van der Waals surface area contributed by atoms with Crippen molar-refractivity contribution in [2.24, 2.45) is 0 Å². The Morgan fingerprint density at radius 1 is 1.62 bits per heavy atom. The minimum Gasteiger partial charge on any atom is -0.459 e. The molecule has 1 N–H and O–H groups in total. The molecule has 13 heavy (non-hydrogen) atoms. The van der Waals surface area contributed by atoms with E-state index in [1.807, 2.05) is 6.07 Å². The Morgan fingerprint density at radius 2 is 2.46 bits per heavy atom. The molecule has 4 heteroatoms. The molecule has 0 atom stereocenters. The van der Waals surface area contributed by atoms with Crippen LogP contribution in [0.2, 0.25) is 0 Å². The van der Waals surface area contributed by atoms with Gasteiger partial charge in [0.05, 0.1) is 18.4 Å². The molecule has 0 spiro atoms. The average Bonchev–Trinajstić information content (AvgIpc) is 2.46. The monoisotopic (exact) mass is 183 g/mol. The number of nitrogens with one attached hydrogen (secondary N) is 1. The van der Waals surface area contributed by atoms with Crippen LogP contribution in [0.1, 0.15) is 5.56 Å². The molecule has 0 amide bonds. The zero-order valence-corrected chi connectivity index (χ0v) is 7.58. The summed E-state index contributed by atoms with van der Waals surface area (Å²) in [5.74, 6) is 0.591. The van der Waals surface area contributed by atoms with Crippen molar-refractivity contribution in [3.63, 3.8) is 0 Å². The van der Waals surface area contributed by atoms with E-state index >= 15 is 0 Å². The van der Waals surface area contributed by atoms with E-state index in [1.165, 1.54) is 0 Å². The van der Waals surface area contributed by atoms with Gasteiger partial charge in [-0.25, -0.2) is 0 Å². The molecule has 0 saturated carbocycles. The first-order valence-corrected chi connectivity index (χ1v) is 4.33. The minimum absolute atomic E-state index is 0.252. The molecule has 0 aliphatic carbocycles. The molecular weight excluding hydrogens is 170 g/mol. The fourth-order valence-corrected chi connectivity index (χ4v) is 1.18. The summed E-state index contributed by atoms with van der Waals surface area (Å²) in [6, 6.07) is 1.87. The van der Waals surface area contributed by atoms with Gasteiger partial charge in [-0.05, 0) is 6.07 Å². The zero-order chi connectivity index (χ0) is 9.10. The first-order chi connectivity index (χ1) is 6.40. The van der Waals surface area contributed by atoms with Crippen LogP contribution in [-0.2, 0) is 11.3 Å².